The number of non-ortho nitro benzene ring substituents is 1. The quantitative estimate of drug-likeness (QED) is 0.534. The van der Waals surface area contributed by atoms with Crippen LogP contribution in [0.5, 0.6) is 0 Å². The van der Waals surface area contributed by atoms with E-state index < -0.39 is 14.9 Å². The SMILES string of the molecule is NS(=O)(=O)c1cc(NCCc2cc(Cl)ccc2Br)cc([N+](=O)[O-])c1. The molecule has 2 rings (SSSR count). The van der Waals surface area contributed by atoms with Crippen LogP contribution in [0, 0.1) is 10.1 Å². The van der Waals surface area contributed by atoms with Gasteiger partial charge in [-0.2, -0.15) is 0 Å². The summed E-state index contributed by atoms with van der Waals surface area (Å²) < 4.78 is 23.8. The van der Waals surface area contributed by atoms with Crippen molar-refractivity contribution in [3.8, 4) is 0 Å². The van der Waals surface area contributed by atoms with Crippen molar-refractivity contribution in [3.63, 3.8) is 0 Å². The summed E-state index contributed by atoms with van der Waals surface area (Å²) in [5.41, 5.74) is 0.895. The van der Waals surface area contributed by atoms with E-state index in [0.29, 0.717) is 23.7 Å². The van der Waals surface area contributed by atoms with Crippen LogP contribution in [0.2, 0.25) is 5.02 Å². The lowest BCUT2D eigenvalue weighted by molar-refractivity contribution is -0.385. The summed E-state index contributed by atoms with van der Waals surface area (Å²) in [6.07, 6.45) is 0.578. The third kappa shape index (κ3) is 4.91. The molecule has 0 bridgehead atoms. The Kier molecular flexibility index (Phi) is 5.81. The molecule has 0 aliphatic rings. The first-order chi connectivity index (χ1) is 11.2. The van der Waals surface area contributed by atoms with Crippen molar-refractivity contribution >= 4 is 48.9 Å². The van der Waals surface area contributed by atoms with Crippen LogP contribution in [0.25, 0.3) is 0 Å². The normalized spacial score (nSPS) is 11.3. The van der Waals surface area contributed by atoms with Gasteiger partial charge in [-0.3, -0.25) is 10.1 Å². The zero-order chi connectivity index (χ0) is 17.9. The Bertz CT molecular complexity index is 890. The van der Waals surface area contributed by atoms with Gasteiger partial charge >= 0.3 is 0 Å². The van der Waals surface area contributed by atoms with Crippen molar-refractivity contribution in [2.24, 2.45) is 5.14 Å². The number of nitrogens with zero attached hydrogens (tertiary/aromatic N) is 1. The summed E-state index contributed by atoms with van der Waals surface area (Å²) in [4.78, 5) is 9.94. The molecule has 0 amide bonds. The lowest BCUT2D eigenvalue weighted by Crippen LogP contribution is -2.13. The molecule has 0 aliphatic carbocycles. The van der Waals surface area contributed by atoms with Crippen LogP contribution in [0.15, 0.2) is 45.8 Å². The molecule has 0 aromatic heterocycles. The molecule has 0 aliphatic heterocycles. The number of nitrogens with one attached hydrogen (secondary N) is 1. The van der Waals surface area contributed by atoms with Gasteiger partial charge in [-0.1, -0.05) is 27.5 Å². The Balaban J connectivity index is 2.19. The first-order valence-corrected chi connectivity index (χ1v) is 9.38. The van der Waals surface area contributed by atoms with Crippen molar-refractivity contribution in [1.82, 2.24) is 0 Å². The fourth-order valence-electron chi connectivity index (χ4n) is 2.03. The molecule has 0 saturated carbocycles. The van der Waals surface area contributed by atoms with Gasteiger partial charge in [0.05, 0.1) is 9.82 Å². The number of hydrogen-bond donors (Lipinski definition) is 2. The number of sulfonamides is 1. The van der Waals surface area contributed by atoms with E-state index in [1.807, 2.05) is 6.07 Å². The maximum Gasteiger partial charge on any atom is 0.272 e. The van der Waals surface area contributed by atoms with Crippen molar-refractivity contribution in [2.45, 2.75) is 11.3 Å². The Morgan fingerprint density at radius 2 is 1.96 bits per heavy atom. The Labute approximate surface area is 152 Å². The largest absolute Gasteiger partial charge is 0.384 e. The highest BCUT2D eigenvalue weighted by Gasteiger charge is 2.16. The molecule has 0 atom stereocenters. The second kappa shape index (κ2) is 7.47. The van der Waals surface area contributed by atoms with Crippen LogP contribution in [0.1, 0.15) is 5.56 Å². The first kappa shape index (κ1) is 18.7. The molecule has 0 fully saturated rings. The smallest absolute Gasteiger partial charge is 0.272 e. The predicted molar refractivity (Wildman–Crippen MR) is 95.8 cm³/mol. The first-order valence-electron chi connectivity index (χ1n) is 6.67. The zero-order valence-corrected chi connectivity index (χ0v) is 15.4. The lowest BCUT2D eigenvalue weighted by Gasteiger charge is -2.09. The average Bonchev–Trinajstić information content (AvgIpc) is 2.49. The number of primary sulfonamides is 1. The molecule has 0 heterocycles. The van der Waals surface area contributed by atoms with Gasteiger partial charge in [0.15, 0.2) is 0 Å². The van der Waals surface area contributed by atoms with Gasteiger partial charge in [0.1, 0.15) is 0 Å². The van der Waals surface area contributed by atoms with Crippen LogP contribution in [0.3, 0.4) is 0 Å². The van der Waals surface area contributed by atoms with Crippen LogP contribution in [0.4, 0.5) is 11.4 Å². The van der Waals surface area contributed by atoms with Crippen LogP contribution in [-0.4, -0.2) is 19.9 Å². The fourth-order valence-corrected chi connectivity index (χ4v) is 3.25. The second-order valence-corrected chi connectivity index (χ2v) is 7.78. The van der Waals surface area contributed by atoms with Crippen molar-refractivity contribution in [3.05, 3.63) is 61.6 Å². The predicted octanol–water partition coefficient (Wildman–Crippen LogP) is 3.31. The number of halogens is 2. The highest BCUT2D eigenvalue weighted by atomic mass is 79.9. The van der Waals surface area contributed by atoms with Gasteiger partial charge in [0.25, 0.3) is 5.69 Å². The molecule has 128 valence electrons. The summed E-state index contributed by atoms with van der Waals surface area (Å²) in [7, 11) is -4.04. The molecular formula is C14H13BrClN3O4S. The highest BCUT2D eigenvalue weighted by molar-refractivity contribution is 9.10. The highest BCUT2D eigenvalue weighted by Crippen LogP contribution is 2.24. The van der Waals surface area contributed by atoms with Crippen LogP contribution >= 0.6 is 27.5 Å². The van der Waals surface area contributed by atoms with E-state index in [2.05, 4.69) is 21.2 Å². The van der Waals surface area contributed by atoms with E-state index in [9.17, 15) is 18.5 Å². The molecule has 2 aromatic rings. The van der Waals surface area contributed by atoms with E-state index in [1.54, 1.807) is 12.1 Å². The molecule has 0 spiro atoms. The van der Waals surface area contributed by atoms with E-state index in [0.717, 1.165) is 16.1 Å². The number of nitro benzene ring substituents is 1. The maximum atomic E-state index is 11.4. The van der Waals surface area contributed by atoms with E-state index in [4.69, 9.17) is 16.7 Å². The average molecular weight is 435 g/mol. The van der Waals surface area contributed by atoms with Gasteiger partial charge in [-0.25, -0.2) is 13.6 Å². The molecule has 10 heteroatoms. The monoisotopic (exact) mass is 433 g/mol. The number of nitro groups is 1. The third-order valence-electron chi connectivity index (χ3n) is 3.16. The Morgan fingerprint density at radius 1 is 1.25 bits per heavy atom. The lowest BCUT2D eigenvalue weighted by atomic mass is 10.1. The summed E-state index contributed by atoms with van der Waals surface area (Å²) in [6.45, 7) is 0.421. The topological polar surface area (TPSA) is 115 Å². The van der Waals surface area contributed by atoms with Gasteiger partial charge in [0, 0.05) is 33.9 Å². The van der Waals surface area contributed by atoms with Gasteiger partial charge in [0.2, 0.25) is 10.0 Å². The number of benzene rings is 2. The molecule has 0 saturated heterocycles. The Morgan fingerprint density at radius 3 is 2.58 bits per heavy atom. The zero-order valence-electron chi connectivity index (χ0n) is 12.2. The third-order valence-corrected chi connectivity index (χ3v) is 5.06. The number of nitrogens with two attached hydrogens (primary N) is 1. The van der Waals surface area contributed by atoms with Crippen molar-refractivity contribution < 1.29 is 13.3 Å². The summed E-state index contributed by atoms with van der Waals surface area (Å²) in [6, 6.07) is 8.81. The van der Waals surface area contributed by atoms with Crippen molar-refractivity contribution in [2.75, 3.05) is 11.9 Å². The number of anilines is 1. The minimum atomic E-state index is -4.04. The van der Waals surface area contributed by atoms with E-state index >= 15 is 0 Å². The van der Waals surface area contributed by atoms with Crippen LogP contribution in [-0.2, 0) is 16.4 Å². The summed E-state index contributed by atoms with van der Waals surface area (Å²) in [5.74, 6) is 0. The van der Waals surface area contributed by atoms with Gasteiger partial charge < -0.3 is 5.32 Å². The van der Waals surface area contributed by atoms with Crippen molar-refractivity contribution in [1.29, 1.82) is 0 Å². The minimum absolute atomic E-state index is 0.298. The van der Waals surface area contributed by atoms with Crippen LogP contribution < -0.4 is 10.5 Å². The standard InChI is InChI=1S/C14H13BrClN3O4S/c15-14-2-1-10(16)5-9(14)3-4-18-11-6-12(19(20)21)8-13(7-11)24(17,22)23/h1-2,5-8,18H,3-4H2,(H2,17,22,23). The summed E-state index contributed by atoms with van der Waals surface area (Å²) >= 11 is 9.36. The molecule has 3 N–H and O–H groups in total. The molecule has 2 aromatic carbocycles. The molecule has 24 heavy (non-hydrogen) atoms. The van der Waals surface area contributed by atoms with E-state index in [-0.39, 0.29) is 10.6 Å². The van der Waals surface area contributed by atoms with E-state index in [1.165, 1.54) is 12.1 Å². The fraction of sp³-hybridized carbons (Fsp3) is 0.143. The number of rotatable bonds is 6. The molecule has 0 radical (unpaired) electrons. The molecule has 7 nitrogen and oxygen atoms in total. The van der Waals surface area contributed by atoms with Gasteiger partial charge in [-0.15, -0.1) is 0 Å². The van der Waals surface area contributed by atoms with Gasteiger partial charge in [-0.05, 0) is 36.2 Å². The number of hydrogen-bond acceptors (Lipinski definition) is 5. The maximum absolute atomic E-state index is 11.4. The molecular weight excluding hydrogens is 422 g/mol. The second-order valence-electron chi connectivity index (χ2n) is 4.93. The Hall–Kier alpha value is -1.68. The molecule has 0 unspecified atom stereocenters. The minimum Gasteiger partial charge on any atom is -0.384 e. The summed E-state index contributed by atoms with van der Waals surface area (Å²) in [5, 5.41) is 19.5.